The van der Waals surface area contributed by atoms with Gasteiger partial charge in [0.25, 0.3) is 0 Å². The normalized spacial score (nSPS) is 12.3. The zero-order chi connectivity index (χ0) is 17.4. The molecular weight excluding hydrogens is 324 g/mol. The molecule has 0 spiro atoms. The van der Waals surface area contributed by atoms with E-state index in [1.165, 1.54) is 6.08 Å². The second-order valence-electron chi connectivity index (χ2n) is 5.48. The van der Waals surface area contributed by atoms with Crippen LogP contribution in [0.3, 0.4) is 0 Å². The number of nitrogens with one attached hydrogen (secondary N) is 1. The van der Waals surface area contributed by atoms with Crippen LogP contribution in [-0.4, -0.2) is 28.6 Å². The number of thiazole rings is 1. The lowest BCUT2D eigenvalue weighted by Gasteiger charge is -2.05. The van der Waals surface area contributed by atoms with E-state index < -0.39 is 6.10 Å². The Hall–Kier alpha value is -2.18. The fourth-order valence-electron chi connectivity index (χ4n) is 1.94. The van der Waals surface area contributed by atoms with Gasteiger partial charge in [-0.2, -0.15) is 0 Å². The van der Waals surface area contributed by atoms with Crippen molar-refractivity contribution in [2.45, 2.75) is 33.0 Å². The van der Waals surface area contributed by atoms with Crippen LogP contribution in [0.15, 0.2) is 35.7 Å². The summed E-state index contributed by atoms with van der Waals surface area (Å²) in [5.41, 5.74) is 1.84. The first-order valence-electron chi connectivity index (χ1n) is 7.81. The molecule has 2 N–H and O–H groups in total. The van der Waals surface area contributed by atoms with Crippen molar-refractivity contribution in [1.29, 1.82) is 0 Å². The number of hydrogen-bond donors (Lipinski definition) is 2. The molecule has 1 atom stereocenters. The van der Waals surface area contributed by atoms with E-state index in [1.54, 1.807) is 24.3 Å². The van der Waals surface area contributed by atoms with Crippen molar-refractivity contribution in [2.24, 2.45) is 0 Å². The highest BCUT2D eigenvalue weighted by Crippen LogP contribution is 2.16. The summed E-state index contributed by atoms with van der Waals surface area (Å²) in [6.45, 7) is 4.58. The van der Waals surface area contributed by atoms with Gasteiger partial charge in [-0.3, -0.25) is 4.79 Å². The summed E-state index contributed by atoms with van der Waals surface area (Å²) in [6.07, 6.45) is 3.36. The number of aryl methyl sites for hydroxylation is 1. The van der Waals surface area contributed by atoms with E-state index >= 15 is 0 Å². The number of aromatic nitrogens is 1. The van der Waals surface area contributed by atoms with Gasteiger partial charge < -0.3 is 15.2 Å². The van der Waals surface area contributed by atoms with Crippen molar-refractivity contribution in [1.82, 2.24) is 10.3 Å². The SMILES string of the molecule is Cc1nc(COc2ccc(C=CC(=O)NCCC(C)O)cc2)cs1. The van der Waals surface area contributed by atoms with E-state index in [4.69, 9.17) is 9.84 Å². The van der Waals surface area contributed by atoms with Crippen LogP contribution >= 0.6 is 11.3 Å². The Morgan fingerprint density at radius 2 is 2.17 bits per heavy atom. The molecule has 24 heavy (non-hydrogen) atoms. The molecule has 0 radical (unpaired) electrons. The maximum atomic E-state index is 11.6. The largest absolute Gasteiger partial charge is 0.487 e. The van der Waals surface area contributed by atoms with Crippen molar-refractivity contribution in [3.8, 4) is 5.75 Å². The topological polar surface area (TPSA) is 71.5 Å². The van der Waals surface area contributed by atoms with Crippen molar-refractivity contribution in [3.63, 3.8) is 0 Å². The van der Waals surface area contributed by atoms with Gasteiger partial charge in [0.2, 0.25) is 5.91 Å². The number of amides is 1. The van der Waals surface area contributed by atoms with Gasteiger partial charge in [0, 0.05) is 18.0 Å². The van der Waals surface area contributed by atoms with Crippen molar-refractivity contribution < 1.29 is 14.6 Å². The Morgan fingerprint density at radius 1 is 1.42 bits per heavy atom. The van der Waals surface area contributed by atoms with Crippen LogP contribution < -0.4 is 10.1 Å². The summed E-state index contributed by atoms with van der Waals surface area (Å²) in [5, 5.41) is 14.9. The molecule has 1 aromatic carbocycles. The predicted molar refractivity (Wildman–Crippen MR) is 96.0 cm³/mol. The van der Waals surface area contributed by atoms with Gasteiger partial charge in [-0.05, 0) is 44.0 Å². The third kappa shape index (κ3) is 6.52. The van der Waals surface area contributed by atoms with Crippen LogP contribution in [0.5, 0.6) is 5.75 Å². The average molecular weight is 346 g/mol. The first-order valence-corrected chi connectivity index (χ1v) is 8.69. The van der Waals surface area contributed by atoms with Crippen LogP contribution in [0.2, 0.25) is 0 Å². The fraction of sp³-hybridized carbons (Fsp3) is 0.333. The molecule has 1 aromatic heterocycles. The number of aliphatic hydroxyl groups excluding tert-OH is 1. The van der Waals surface area contributed by atoms with Crippen molar-refractivity contribution >= 4 is 23.3 Å². The van der Waals surface area contributed by atoms with E-state index in [0.717, 1.165) is 22.0 Å². The molecule has 2 aromatic rings. The monoisotopic (exact) mass is 346 g/mol. The van der Waals surface area contributed by atoms with Gasteiger partial charge in [0.05, 0.1) is 16.8 Å². The lowest BCUT2D eigenvalue weighted by Crippen LogP contribution is -2.24. The summed E-state index contributed by atoms with van der Waals surface area (Å²) < 4.78 is 5.68. The minimum absolute atomic E-state index is 0.171. The van der Waals surface area contributed by atoms with E-state index in [1.807, 2.05) is 36.6 Å². The van der Waals surface area contributed by atoms with E-state index in [2.05, 4.69) is 10.3 Å². The van der Waals surface area contributed by atoms with Gasteiger partial charge in [-0.25, -0.2) is 4.98 Å². The Bertz CT molecular complexity index is 678. The molecule has 2 rings (SSSR count). The van der Waals surface area contributed by atoms with E-state index in [9.17, 15) is 4.79 Å². The second kappa shape index (κ2) is 9.20. The molecule has 0 saturated carbocycles. The van der Waals surface area contributed by atoms with Crippen LogP contribution in [0.1, 0.15) is 29.6 Å². The molecule has 0 bridgehead atoms. The zero-order valence-electron chi connectivity index (χ0n) is 13.9. The number of rotatable bonds is 8. The Morgan fingerprint density at radius 3 is 2.79 bits per heavy atom. The number of nitrogens with zero attached hydrogens (tertiary/aromatic N) is 1. The van der Waals surface area contributed by atoms with Crippen molar-refractivity contribution in [2.75, 3.05) is 6.54 Å². The van der Waals surface area contributed by atoms with E-state index in [0.29, 0.717) is 19.6 Å². The maximum absolute atomic E-state index is 11.6. The molecule has 0 saturated heterocycles. The molecule has 0 aliphatic carbocycles. The smallest absolute Gasteiger partial charge is 0.244 e. The van der Waals surface area contributed by atoms with Crippen LogP contribution in [-0.2, 0) is 11.4 Å². The fourth-order valence-corrected chi connectivity index (χ4v) is 2.54. The summed E-state index contributed by atoms with van der Waals surface area (Å²) in [6, 6.07) is 7.51. The summed E-state index contributed by atoms with van der Waals surface area (Å²) in [4.78, 5) is 16.0. The van der Waals surface area contributed by atoms with E-state index in [-0.39, 0.29) is 5.91 Å². The summed E-state index contributed by atoms with van der Waals surface area (Å²) >= 11 is 1.61. The number of carbonyl (C=O) groups is 1. The van der Waals surface area contributed by atoms with Crippen LogP contribution in [0, 0.1) is 6.92 Å². The lowest BCUT2D eigenvalue weighted by atomic mass is 10.2. The van der Waals surface area contributed by atoms with Gasteiger partial charge in [0.1, 0.15) is 12.4 Å². The minimum Gasteiger partial charge on any atom is -0.487 e. The Balaban J connectivity index is 1.78. The van der Waals surface area contributed by atoms with Gasteiger partial charge >= 0.3 is 0 Å². The molecule has 128 valence electrons. The second-order valence-corrected chi connectivity index (χ2v) is 6.54. The number of hydrogen-bond acceptors (Lipinski definition) is 5. The molecule has 1 heterocycles. The van der Waals surface area contributed by atoms with Crippen molar-refractivity contribution in [3.05, 3.63) is 52.0 Å². The Kier molecular flexibility index (Phi) is 6.96. The molecule has 1 amide bonds. The quantitative estimate of drug-likeness (QED) is 0.721. The number of carbonyl (C=O) groups excluding carboxylic acids is 1. The number of aliphatic hydroxyl groups is 1. The average Bonchev–Trinajstić information content (AvgIpc) is 2.97. The number of benzene rings is 1. The third-order valence-corrected chi connectivity index (χ3v) is 4.04. The summed E-state index contributed by atoms with van der Waals surface area (Å²) in [7, 11) is 0. The standard InChI is InChI=1S/C18H22N2O3S/c1-13(21)9-10-19-18(22)8-5-15-3-6-17(7-4-15)23-11-16-12-24-14(2)20-16/h3-8,12-13,21H,9-11H2,1-2H3,(H,19,22). The highest BCUT2D eigenvalue weighted by atomic mass is 32.1. The highest BCUT2D eigenvalue weighted by molar-refractivity contribution is 7.09. The van der Waals surface area contributed by atoms with Gasteiger partial charge in [0.15, 0.2) is 0 Å². The predicted octanol–water partition coefficient (Wildman–Crippen LogP) is 2.93. The van der Waals surface area contributed by atoms with Crippen LogP contribution in [0.4, 0.5) is 0 Å². The molecule has 0 fully saturated rings. The minimum atomic E-state index is -0.407. The summed E-state index contributed by atoms with van der Waals surface area (Å²) in [5.74, 6) is 0.592. The molecule has 1 unspecified atom stereocenters. The first-order chi connectivity index (χ1) is 11.5. The first kappa shape index (κ1) is 18.2. The highest BCUT2D eigenvalue weighted by Gasteiger charge is 2.01. The molecule has 6 heteroatoms. The van der Waals surface area contributed by atoms with Crippen LogP contribution in [0.25, 0.3) is 6.08 Å². The maximum Gasteiger partial charge on any atom is 0.244 e. The Labute approximate surface area is 146 Å². The van der Waals surface area contributed by atoms with Gasteiger partial charge in [-0.15, -0.1) is 11.3 Å². The van der Waals surface area contributed by atoms with Gasteiger partial charge in [-0.1, -0.05) is 12.1 Å². The number of ether oxygens (including phenoxy) is 1. The molecule has 0 aliphatic rings. The molecule has 0 aliphatic heterocycles. The zero-order valence-corrected chi connectivity index (χ0v) is 14.7. The molecule has 5 nitrogen and oxygen atoms in total. The third-order valence-electron chi connectivity index (χ3n) is 3.22. The lowest BCUT2D eigenvalue weighted by molar-refractivity contribution is -0.116. The molecular formula is C18H22N2O3S.